The van der Waals surface area contributed by atoms with Gasteiger partial charge in [0.05, 0.1) is 5.56 Å². The molecule has 0 spiro atoms. The predicted molar refractivity (Wildman–Crippen MR) is 83.7 cm³/mol. The summed E-state index contributed by atoms with van der Waals surface area (Å²) in [7, 11) is 1.73. The average Bonchev–Trinajstić information content (AvgIpc) is 2.79. The van der Waals surface area contributed by atoms with Gasteiger partial charge < -0.3 is 20.9 Å². The summed E-state index contributed by atoms with van der Waals surface area (Å²) in [4.78, 5) is 23.3. The van der Waals surface area contributed by atoms with Gasteiger partial charge in [-0.2, -0.15) is 0 Å². The highest BCUT2D eigenvalue weighted by Gasteiger charge is 2.27. The molecule has 0 unspecified atom stereocenters. The number of rotatable bonds is 4. The summed E-state index contributed by atoms with van der Waals surface area (Å²) in [5.74, 6) is -0.690. The topological polar surface area (TPSA) is 89.2 Å². The molecule has 0 bridgehead atoms. The quantitative estimate of drug-likeness (QED) is 0.763. The van der Waals surface area contributed by atoms with Gasteiger partial charge >= 0.3 is 0 Å². The van der Waals surface area contributed by atoms with Gasteiger partial charge in [-0.15, -0.1) is 12.4 Å². The van der Waals surface area contributed by atoms with Crippen LogP contribution in [0.15, 0.2) is 12.3 Å². The summed E-state index contributed by atoms with van der Waals surface area (Å²) < 4.78 is 1.63. The predicted octanol–water partition coefficient (Wildman–Crippen LogP) is 0.665. The molecule has 0 atom stereocenters. The highest BCUT2D eigenvalue weighted by molar-refractivity contribution is 5.98. The van der Waals surface area contributed by atoms with Gasteiger partial charge in [-0.3, -0.25) is 9.59 Å². The number of aryl methyl sites for hydroxylation is 1. The highest BCUT2D eigenvalue weighted by atomic mass is 35.5. The van der Waals surface area contributed by atoms with Crippen LogP contribution in [0.2, 0.25) is 0 Å². The van der Waals surface area contributed by atoms with Crippen molar-refractivity contribution in [2.24, 2.45) is 18.2 Å². The number of halogens is 1. The number of piperidine rings is 1. The maximum Gasteiger partial charge on any atom is 0.267 e. The van der Waals surface area contributed by atoms with Crippen molar-refractivity contribution in [1.82, 2.24) is 15.2 Å². The second-order valence-corrected chi connectivity index (χ2v) is 5.83. The molecule has 1 aromatic heterocycles. The fraction of sp³-hybridized carbons (Fsp3) is 0.571. The number of nitrogens with one attached hydrogen (secondary N) is 2. The van der Waals surface area contributed by atoms with E-state index in [-0.39, 0.29) is 23.7 Å². The first-order valence-corrected chi connectivity index (χ1v) is 6.86. The van der Waals surface area contributed by atoms with Crippen LogP contribution in [0, 0.1) is 5.41 Å². The third kappa shape index (κ3) is 4.22. The van der Waals surface area contributed by atoms with E-state index < -0.39 is 5.91 Å². The first kappa shape index (κ1) is 17.5. The molecule has 0 aliphatic carbocycles. The van der Waals surface area contributed by atoms with Crippen molar-refractivity contribution in [2.75, 3.05) is 19.6 Å². The summed E-state index contributed by atoms with van der Waals surface area (Å²) in [6.07, 6.45) is 3.67. The summed E-state index contributed by atoms with van der Waals surface area (Å²) >= 11 is 0. The molecule has 1 aromatic rings. The molecule has 2 amide bonds. The first-order valence-electron chi connectivity index (χ1n) is 6.86. The summed E-state index contributed by atoms with van der Waals surface area (Å²) in [5, 5.41) is 6.28. The van der Waals surface area contributed by atoms with Crippen LogP contribution in [0.3, 0.4) is 0 Å². The third-order valence-corrected chi connectivity index (χ3v) is 4.01. The number of carbonyl (C=O) groups excluding carboxylic acids is 2. The Balaban J connectivity index is 0.00000220. The van der Waals surface area contributed by atoms with E-state index in [4.69, 9.17) is 5.73 Å². The van der Waals surface area contributed by atoms with Crippen molar-refractivity contribution in [3.8, 4) is 0 Å². The monoisotopic (exact) mass is 314 g/mol. The summed E-state index contributed by atoms with van der Waals surface area (Å²) in [5.41, 5.74) is 6.16. The number of amides is 2. The molecule has 2 heterocycles. The van der Waals surface area contributed by atoms with Crippen molar-refractivity contribution >= 4 is 24.2 Å². The van der Waals surface area contributed by atoms with Gasteiger partial charge in [0.1, 0.15) is 5.69 Å². The molecular formula is C14H23ClN4O2. The Hall–Kier alpha value is -1.53. The van der Waals surface area contributed by atoms with E-state index >= 15 is 0 Å². The van der Waals surface area contributed by atoms with Gasteiger partial charge in [0.2, 0.25) is 5.91 Å². The third-order valence-electron chi connectivity index (χ3n) is 4.01. The Morgan fingerprint density at radius 2 is 2.05 bits per heavy atom. The van der Waals surface area contributed by atoms with Gasteiger partial charge in [0.15, 0.2) is 0 Å². The molecule has 118 valence electrons. The zero-order valence-electron chi connectivity index (χ0n) is 12.4. The summed E-state index contributed by atoms with van der Waals surface area (Å²) in [6, 6.07) is 1.53. The van der Waals surface area contributed by atoms with Crippen LogP contribution in [-0.4, -0.2) is 36.0 Å². The molecule has 0 aromatic carbocycles. The molecule has 1 fully saturated rings. The second-order valence-electron chi connectivity index (χ2n) is 5.83. The fourth-order valence-corrected chi connectivity index (χ4v) is 2.52. The van der Waals surface area contributed by atoms with E-state index in [1.807, 2.05) is 0 Å². The van der Waals surface area contributed by atoms with Crippen molar-refractivity contribution in [3.63, 3.8) is 0 Å². The van der Waals surface area contributed by atoms with Gasteiger partial charge in [-0.05, 0) is 37.4 Å². The van der Waals surface area contributed by atoms with Crippen LogP contribution in [0.25, 0.3) is 0 Å². The van der Waals surface area contributed by atoms with Gasteiger partial charge in [0, 0.05) is 19.8 Å². The zero-order chi connectivity index (χ0) is 14.8. The molecule has 2 rings (SSSR count). The minimum atomic E-state index is -0.523. The lowest BCUT2D eigenvalue weighted by Crippen LogP contribution is -2.43. The van der Waals surface area contributed by atoms with Gasteiger partial charge in [0.25, 0.3) is 5.91 Å². The molecule has 0 radical (unpaired) electrons. The molecule has 0 saturated carbocycles. The van der Waals surface area contributed by atoms with Crippen LogP contribution >= 0.6 is 12.4 Å². The zero-order valence-corrected chi connectivity index (χ0v) is 13.3. The molecule has 1 saturated heterocycles. The van der Waals surface area contributed by atoms with E-state index in [0.717, 1.165) is 25.9 Å². The van der Waals surface area contributed by atoms with Crippen LogP contribution in [0.1, 0.15) is 40.6 Å². The van der Waals surface area contributed by atoms with Crippen molar-refractivity contribution in [2.45, 2.75) is 19.8 Å². The van der Waals surface area contributed by atoms with E-state index in [0.29, 0.717) is 17.8 Å². The lowest BCUT2D eigenvalue weighted by atomic mass is 9.81. The number of aromatic nitrogens is 1. The van der Waals surface area contributed by atoms with Crippen LogP contribution in [-0.2, 0) is 7.05 Å². The number of nitrogens with two attached hydrogens (primary N) is 1. The maximum atomic E-state index is 12.2. The lowest BCUT2D eigenvalue weighted by molar-refractivity contribution is 0.0914. The Morgan fingerprint density at radius 3 is 2.57 bits per heavy atom. The molecule has 6 nitrogen and oxygen atoms in total. The Kier molecular flexibility index (Phi) is 5.80. The molecule has 4 N–H and O–H groups in total. The standard InChI is InChI=1S/C14H22N4O2.ClH/c1-14(3-5-16-6-4-14)9-17-13(20)11-7-10(12(15)19)8-18(11)2;/h7-8,16H,3-6,9H2,1-2H3,(H2,15,19)(H,17,20);1H. The Labute approximate surface area is 130 Å². The minimum absolute atomic E-state index is 0. The van der Waals surface area contributed by atoms with Crippen molar-refractivity contribution in [1.29, 1.82) is 0 Å². The molecular weight excluding hydrogens is 292 g/mol. The normalized spacial score (nSPS) is 16.9. The number of carbonyl (C=O) groups is 2. The maximum absolute atomic E-state index is 12.2. The SMILES string of the molecule is Cl.Cn1cc(C(N)=O)cc1C(=O)NCC1(C)CCNCC1. The Morgan fingerprint density at radius 1 is 1.43 bits per heavy atom. The van der Waals surface area contributed by atoms with Gasteiger partial charge in [-0.25, -0.2) is 0 Å². The second kappa shape index (κ2) is 6.95. The molecule has 7 heteroatoms. The van der Waals surface area contributed by atoms with E-state index in [9.17, 15) is 9.59 Å². The molecule has 21 heavy (non-hydrogen) atoms. The van der Waals surface area contributed by atoms with Crippen LogP contribution in [0.4, 0.5) is 0 Å². The van der Waals surface area contributed by atoms with Crippen LogP contribution in [0.5, 0.6) is 0 Å². The number of primary amides is 1. The first-order chi connectivity index (χ1) is 9.41. The van der Waals surface area contributed by atoms with Crippen LogP contribution < -0.4 is 16.4 Å². The number of nitrogens with zero attached hydrogens (tertiary/aromatic N) is 1. The minimum Gasteiger partial charge on any atom is -0.366 e. The largest absolute Gasteiger partial charge is 0.366 e. The highest BCUT2D eigenvalue weighted by Crippen LogP contribution is 2.26. The van der Waals surface area contributed by atoms with Gasteiger partial charge in [-0.1, -0.05) is 6.92 Å². The Bertz CT molecular complexity index is 521. The van der Waals surface area contributed by atoms with Crippen molar-refractivity contribution in [3.05, 3.63) is 23.5 Å². The molecule has 1 aliphatic rings. The van der Waals surface area contributed by atoms with E-state index in [1.54, 1.807) is 17.8 Å². The van der Waals surface area contributed by atoms with Crippen molar-refractivity contribution < 1.29 is 9.59 Å². The lowest BCUT2D eigenvalue weighted by Gasteiger charge is -2.34. The fourth-order valence-electron chi connectivity index (χ4n) is 2.52. The van der Waals surface area contributed by atoms with E-state index in [2.05, 4.69) is 17.6 Å². The molecule has 1 aliphatic heterocycles. The average molecular weight is 315 g/mol. The summed E-state index contributed by atoms with van der Waals surface area (Å²) in [6.45, 7) is 4.81. The smallest absolute Gasteiger partial charge is 0.267 e. The number of hydrogen-bond acceptors (Lipinski definition) is 3. The van der Waals surface area contributed by atoms with E-state index in [1.165, 1.54) is 6.07 Å². The number of hydrogen-bond donors (Lipinski definition) is 3.